The third-order valence-electron chi connectivity index (χ3n) is 3.14. The van der Waals surface area contributed by atoms with E-state index in [9.17, 15) is 9.59 Å². The monoisotopic (exact) mass is 485 g/mol. The summed E-state index contributed by atoms with van der Waals surface area (Å²) in [4.78, 5) is 32.3. The van der Waals surface area contributed by atoms with E-state index in [1.54, 1.807) is 30.7 Å². The first-order chi connectivity index (χ1) is 13.9. The van der Waals surface area contributed by atoms with Crippen LogP contribution in [0.25, 0.3) is 0 Å². The Morgan fingerprint density at radius 3 is 2.19 bits per heavy atom. The maximum Gasteiger partial charge on any atom is 0.318 e. The summed E-state index contributed by atoms with van der Waals surface area (Å²) >= 11 is 4.88. The Labute approximate surface area is 196 Å². The number of thiol groups is 1. The molecule has 168 valence electrons. The molecule has 2 unspecified atom stereocenters. The molecule has 1 aliphatic heterocycles. The van der Waals surface area contributed by atoms with Crippen LogP contribution in [0.4, 0.5) is 0 Å². The van der Waals surface area contributed by atoms with E-state index < -0.39 is 22.4 Å². The van der Waals surface area contributed by atoms with Crippen molar-refractivity contribution in [1.82, 2.24) is 9.97 Å². The molecule has 0 spiro atoms. The van der Waals surface area contributed by atoms with Gasteiger partial charge < -0.3 is 15.9 Å². The van der Waals surface area contributed by atoms with Gasteiger partial charge in [0.1, 0.15) is 21.6 Å². The van der Waals surface area contributed by atoms with Crippen molar-refractivity contribution in [2.45, 2.75) is 17.9 Å². The van der Waals surface area contributed by atoms with E-state index in [0.29, 0.717) is 12.1 Å². The minimum absolute atomic E-state index is 0. The Morgan fingerprint density at radius 1 is 1.26 bits per heavy atom. The summed E-state index contributed by atoms with van der Waals surface area (Å²) < 4.78 is 0. The van der Waals surface area contributed by atoms with Gasteiger partial charge in [-0.2, -0.15) is 17.9 Å². The summed E-state index contributed by atoms with van der Waals surface area (Å²) in [5.41, 5.74) is 6.41. The van der Waals surface area contributed by atoms with Crippen LogP contribution in [-0.4, -0.2) is 60.8 Å². The maximum atomic E-state index is 10.7. The zero-order valence-corrected chi connectivity index (χ0v) is 18.1. The summed E-state index contributed by atoms with van der Waals surface area (Å²) in [6, 6.07) is 9.10. The van der Waals surface area contributed by atoms with Gasteiger partial charge in [-0.25, -0.2) is 0 Å². The van der Waals surface area contributed by atoms with Crippen LogP contribution in [-0.2, 0) is 9.59 Å². The molecule has 0 amide bonds. The number of nitriles is 1. The predicted octanol–water partition coefficient (Wildman–Crippen LogP) is 2.37. The number of hydrogen-bond donors (Lipinski definition) is 4. The zero-order chi connectivity index (χ0) is 21.6. The average Bonchev–Trinajstić information content (AvgIpc) is 3.26. The molecule has 0 aliphatic carbocycles. The number of carboxylic acid groups (broad SMARTS) is 2. The Morgan fingerprint density at radius 2 is 1.87 bits per heavy atom. The molecular weight excluding hydrogens is 462 g/mol. The van der Waals surface area contributed by atoms with Crippen molar-refractivity contribution in [3.05, 3.63) is 60.2 Å². The number of halogens is 1. The summed E-state index contributed by atoms with van der Waals surface area (Å²) in [7, 11) is 0. The molecule has 2 atom stereocenters. The van der Waals surface area contributed by atoms with Crippen molar-refractivity contribution in [3.63, 3.8) is 0 Å². The number of carboxylic acids is 2. The number of nitrogens with zero attached hydrogens (tertiary/aromatic N) is 4. The Hall–Kier alpha value is -2.65. The molecule has 3 heterocycles. The van der Waals surface area contributed by atoms with Crippen LogP contribution in [0, 0.1) is 11.3 Å². The second-order valence-corrected chi connectivity index (χ2v) is 7.09. The molecule has 1 aliphatic rings. The Balaban J connectivity index is 0. The topological polar surface area (TPSA) is 163 Å². The molecule has 3 rings (SSSR count). The molecule has 9 nitrogen and oxygen atoms in total. The van der Waals surface area contributed by atoms with Crippen molar-refractivity contribution >= 4 is 53.8 Å². The van der Waals surface area contributed by atoms with Crippen molar-refractivity contribution in [2.24, 2.45) is 10.7 Å². The van der Waals surface area contributed by atoms with E-state index in [4.69, 9.17) is 21.2 Å². The van der Waals surface area contributed by atoms with E-state index >= 15 is 0 Å². The lowest BCUT2D eigenvalue weighted by Crippen LogP contribution is -2.23. The van der Waals surface area contributed by atoms with Crippen LogP contribution in [0.2, 0.25) is 0 Å². The highest BCUT2D eigenvalue weighted by Crippen LogP contribution is 2.25. The van der Waals surface area contributed by atoms with Crippen LogP contribution >= 0.6 is 36.8 Å². The third kappa shape index (κ3) is 12.0. The lowest BCUT2D eigenvalue weighted by Gasteiger charge is -2.01. The first-order valence-electron chi connectivity index (χ1n) is 8.14. The zero-order valence-electron chi connectivity index (χ0n) is 15.5. The van der Waals surface area contributed by atoms with E-state index in [1.165, 1.54) is 18.0 Å². The van der Waals surface area contributed by atoms with Gasteiger partial charge in [0.05, 0.1) is 12.1 Å². The largest absolute Gasteiger partial charge is 0.480 e. The van der Waals surface area contributed by atoms with Gasteiger partial charge in [-0.15, -0.1) is 12.4 Å². The number of pyridine rings is 2. The molecule has 0 bridgehead atoms. The van der Waals surface area contributed by atoms with Gasteiger partial charge in [0.25, 0.3) is 0 Å². The fourth-order valence-corrected chi connectivity index (χ4v) is 2.61. The average molecular weight is 486 g/mol. The molecule has 2 aromatic heterocycles. The second-order valence-electron chi connectivity index (χ2n) is 5.28. The standard InChI is InChI=1S/C9H8N2O2S.C6H4N2.C3H7NO2S.CH4.ClH/c12-9(13)7-5-11-8(14-7)6-2-1-3-10-4-6;7-4-6-2-1-3-8-5-6;4-1-2(7)3(5)6;;/h1-4,7H,5H2,(H,12,13);1-3,5H;2,7H,1,4H2,(H,5,6);1H4;1H. The Kier molecular flexibility index (Phi) is 16.8. The van der Waals surface area contributed by atoms with Gasteiger partial charge in [-0.1, -0.05) is 19.2 Å². The third-order valence-corrected chi connectivity index (χ3v) is 4.79. The summed E-state index contributed by atoms with van der Waals surface area (Å²) in [5, 5.41) is 24.7. The predicted molar refractivity (Wildman–Crippen MR) is 127 cm³/mol. The SMILES string of the molecule is C.Cl.N#Cc1cccnc1.NCC(S)C(=O)O.O=C(O)C1CN=C(c2cccnc2)S1. The number of aliphatic carboxylic acids is 2. The molecule has 0 saturated heterocycles. The fraction of sp³-hybridized carbons (Fsp3) is 0.263. The van der Waals surface area contributed by atoms with E-state index in [-0.39, 0.29) is 26.4 Å². The highest BCUT2D eigenvalue weighted by atomic mass is 35.5. The molecule has 4 N–H and O–H groups in total. The number of aromatic nitrogens is 2. The van der Waals surface area contributed by atoms with Gasteiger partial charge >= 0.3 is 11.9 Å². The first kappa shape index (κ1) is 30.5. The number of hydrogen-bond acceptors (Lipinski definition) is 9. The van der Waals surface area contributed by atoms with Crippen LogP contribution in [0.5, 0.6) is 0 Å². The minimum atomic E-state index is -0.967. The normalized spacial score (nSPS) is 14.4. The minimum Gasteiger partial charge on any atom is -0.480 e. The number of thioether (sulfide) groups is 1. The lowest BCUT2D eigenvalue weighted by atomic mass is 10.3. The van der Waals surface area contributed by atoms with Crippen LogP contribution < -0.4 is 5.73 Å². The second kappa shape index (κ2) is 17.1. The number of carbonyl (C=O) groups is 2. The van der Waals surface area contributed by atoms with Crippen LogP contribution in [0.3, 0.4) is 0 Å². The number of rotatable bonds is 4. The van der Waals surface area contributed by atoms with Crippen molar-refractivity contribution < 1.29 is 19.8 Å². The number of aliphatic imine (C=N–C) groups is 1. The number of nitrogens with two attached hydrogens (primary N) is 1. The smallest absolute Gasteiger partial charge is 0.318 e. The highest BCUT2D eigenvalue weighted by Gasteiger charge is 2.26. The highest BCUT2D eigenvalue weighted by molar-refractivity contribution is 8.15. The van der Waals surface area contributed by atoms with Crippen molar-refractivity contribution in [3.8, 4) is 6.07 Å². The van der Waals surface area contributed by atoms with Gasteiger partial charge in [-0.3, -0.25) is 24.5 Å². The van der Waals surface area contributed by atoms with Gasteiger partial charge in [-0.05, 0) is 24.3 Å². The van der Waals surface area contributed by atoms with E-state index in [1.807, 2.05) is 18.2 Å². The first-order valence-corrected chi connectivity index (χ1v) is 9.54. The molecule has 0 fully saturated rings. The molecule has 2 aromatic rings. The van der Waals surface area contributed by atoms with Gasteiger partial charge in [0, 0.05) is 36.9 Å². The van der Waals surface area contributed by atoms with Crippen molar-refractivity contribution in [2.75, 3.05) is 13.1 Å². The molecule has 0 radical (unpaired) electrons. The maximum absolute atomic E-state index is 10.7. The van der Waals surface area contributed by atoms with Gasteiger partial charge in [0.2, 0.25) is 0 Å². The van der Waals surface area contributed by atoms with Crippen LogP contribution in [0.15, 0.2) is 54.0 Å². The van der Waals surface area contributed by atoms with Gasteiger partial charge in [0.15, 0.2) is 0 Å². The Bertz CT molecular complexity index is 867. The fourth-order valence-electron chi connectivity index (χ4n) is 1.68. The quantitative estimate of drug-likeness (QED) is 0.476. The van der Waals surface area contributed by atoms with E-state index in [0.717, 1.165) is 10.6 Å². The van der Waals surface area contributed by atoms with Crippen LogP contribution in [0.1, 0.15) is 18.6 Å². The molecule has 0 saturated carbocycles. The molecule has 31 heavy (non-hydrogen) atoms. The molecular formula is C19H24ClN5O4S2. The van der Waals surface area contributed by atoms with Crippen molar-refractivity contribution in [1.29, 1.82) is 5.26 Å². The van der Waals surface area contributed by atoms with E-state index in [2.05, 4.69) is 27.6 Å². The molecule has 12 heteroatoms. The summed E-state index contributed by atoms with van der Waals surface area (Å²) in [6.07, 6.45) is 6.54. The lowest BCUT2D eigenvalue weighted by molar-refractivity contribution is -0.137. The summed E-state index contributed by atoms with van der Waals surface area (Å²) in [5.74, 6) is -1.77. The summed E-state index contributed by atoms with van der Waals surface area (Å²) in [6.45, 7) is 0.433. The molecule has 0 aromatic carbocycles.